The van der Waals surface area contributed by atoms with Crippen molar-refractivity contribution in [3.63, 3.8) is 0 Å². The number of carbonyl (C=O) groups is 1. The van der Waals surface area contributed by atoms with Gasteiger partial charge in [0.15, 0.2) is 0 Å². The van der Waals surface area contributed by atoms with E-state index in [4.69, 9.17) is 27.9 Å². The highest BCUT2D eigenvalue weighted by molar-refractivity contribution is 6.42. The maximum absolute atomic E-state index is 11.9. The highest BCUT2D eigenvalue weighted by atomic mass is 35.5. The smallest absolute Gasteiger partial charge is 0.224 e. The van der Waals surface area contributed by atoms with E-state index in [1.54, 1.807) is 12.1 Å². The van der Waals surface area contributed by atoms with Crippen LogP contribution in [0.3, 0.4) is 0 Å². The van der Waals surface area contributed by atoms with Gasteiger partial charge in [0.1, 0.15) is 5.75 Å². The highest BCUT2D eigenvalue weighted by Gasteiger charge is 2.05. The van der Waals surface area contributed by atoms with Gasteiger partial charge in [-0.3, -0.25) is 4.79 Å². The van der Waals surface area contributed by atoms with Gasteiger partial charge in [0.2, 0.25) is 5.91 Å². The molecule has 1 amide bonds. The van der Waals surface area contributed by atoms with E-state index in [2.05, 4.69) is 5.32 Å². The molecule has 0 atom stereocenters. The number of anilines is 1. The van der Waals surface area contributed by atoms with Gasteiger partial charge in [0.25, 0.3) is 0 Å². The van der Waals surface area contributed by atoms with Gasteiger partial charge < -0.3 is 10.1 Å². The Labute approximate surface area is 140 Å². The van der Waals surface area contributed by atoms with Gasteiger partial charge in [-0.05, 0) is 55.3 Å². The molecule has 2 aromatic rings. The van der Waals surface area contributed by atoms with Crippen molar-refractivity contribution in [1.29, 1.82) is 0 Å². The summed E-state index contributed by atoms with van der Waals surface area (Å²) in [5.74, 6) is 0.742. The van der Waals surface area contributed by atoms with Crippen molar-refractivity contribution in [3.05, 3.63) is 58.1 Å². The van der Waals surface area contributed by atoms with Crippen LogP contribution in [-0.4, -0.2) is 12.5 Å². The van der Waals surface area contributed by atoms with Gasteiger partial charge in [-0.1, -0.05) is 29.3 Å². The second-order valence-electron chi connectivity index (χ2n) is 4.75. The molecule has 0 saturated heterocycles. The first-order chi connectivity index (χ1) is 10.6. The van der Waals surface area contributed by atoms with E-state index in [9.17, 15) is 4.79 Å². The monoisotopic (exact) mass is 337 g/mol. The highest BCUT2D eigenvalue weighted by Crippen LogP contribution is 2.23. The van der Waals surface area contributed by atoms with E-state index >= 15 is 0 Å². The van der Waals surface area contributed by atoms with Gasteiger partial charge in [-0.2, -0.15) is 0 Å². The number of amides is 1. The molecule has 0 aliphatic rings. The molecule has 0 radical (unpaired) electrons. The first-order valence-electron chi connectivity index (χ1n) is 7.05. The quantitative estimate of drug-likeness (QED) is 0.808. The number of halogens is 2. The van der Waals surface area contributed by atoms with E-state index in [-0.39, 0.29) is 5.91 Å². The molecule has 0 aliphatic heterocycles. The Hall–Kier alpha value is -1.71. The minimum absolute atomic E-state index is 0.0461. The number of benzene rings is 2. The third kappa shape index (κ3) is 4.93. The van der Waals surface area contributed by atoms with E-state index in [1.165, 1.54) is 0 Å². The molecule has 1 N–H and O–H groups in total. The molecule has 0 spiro atoms. The Balaban J connectivity index is 1.85. The van der Waals surface area contributed by atoms with Crippen LogP contribution in [0.5, 0.6) is 5.75 Å². The predicted molar refractivity (Wildman–Crippen MR) is 91.0 cm³/mol. The number of nitrogens with one attached hydrogen (secondary N) is 1. The lowest BCUT2D eigenvalue weighted by Gasteiger charge is -2.07. The molecule has 116 valence electrons. The topological polar surface area (TPSA) is 38.3 Å². The van der Waals surface area contributed by atoms with E-state index in [0.29, 0.717) is 29.5 Å². The lowest BCUT2D eigenvalue weighted by molar-refractivity contribution is -0.116. The zero-order valence-electron chi connectivity index (χ0n) is 12.2. The van der Waals surface area contributed by atoms with Crippen molar-refractivity contribution in [2.75, 3.05) is 11.9 Å². The normalized spacial score (nSPS) is 10.3. The fraction of sp³-hybridized carbons (Fsp3) is 0.235. The van der Waals surface area contributed by atoms with Crippen LogP contribution in [-0.2, 0) is 11.2 Å². The van der Waals surface area contributed by atoms with Gasteiger partial charge in [-0.25, -0.2) is 0 Å². The van der Waals surface area contributed by atoms with Gasteiger partial charge in [0.05, 0.1) is 16.7 Å². The summed E-state index contributed by atoms with van der Waals surface area (Å²) in [7, 11) is 0. The maximum Gasteiger partial charge on any atom is 0.224 e. The summed E-state index contributed by atoms with van der Waals surface area (Å²) in [4.78, 5) is 11.9. The molecule has 0 unspecified atom stereocenters. The van der Waals surface area contributed by atoms with Crippen LogP contribution in [0.4, 0.5) is 5.69 Å². The molecule has 0 aliphatic carbocycles. The number of aryl methyl sites for hydroxylation is 1. The van der Waals surface area contributed by atoms with Crippen LogP contribution in [0.2, 0.25) is 10.0 Å². The van der Waals surface area contributed by atoms with Crippen LogP contribution >= 0.6 is 23.2 Å². The fourth-order valence-electron chi connectivity index (χ4n) is 1.98. The first kappa shape index (κ1) is 16.7. The molecule has 0 saturated carbocycles. The van der Waals surface area contributed by atoms with Crippen LogP contribution in [0.1, 0.15) is 18.9 Å². The Kier molecular flexibility index (Phi) is 6.10. The summed E-state index contributed by atoms with van der Waals surface area (Å²) in [5.41, 5.74) is 1.74. The second-order valence-corrected chi connectivity index (χ2v) is 5.57. The minimum Gasteiger partial charge on any atom is -0.494 e. The van der Waals surface area contributed by atoms with Crippen LogP contribution in [0, 0.1) is 0 Å². The summed E-state index contributed by atoms with van der Waals surface area (Å²) < 4.78 is 5.36. The molecule has 3 nitrogen and oxygen atoms in total. The molecule has 22 heavy (non-hydrogen) atoms. The Bertz CT molecular complexity index is 642. The summed E-state index contributed by atoms with van der Waals surface area (Å²) in [6, 6.07) is 12.7. The van der Waals surface area contributed by atoms with Crippen molar-refractivity contribution >= 4 is 34.8 Å². The number of hydrogen-bond donors (Lipinski definition) is 1. The van der Waals surface area contributed by atoms with Gasteiger partial charge >= 0.3 is 0 Å². The molecule has 2 aromatic carbocycles. The van der Waals surface area contributed by atoms with Crippen molar-refractivity contribution in [3.8, 4) is 5.75 Å². The predicted octanol–water partition coefficient (Wildman–Crippen LogP) is 4.96. The molecule has 0 aromatic heterocycles. The van der Waals surface area contributed by atoms with Crippen LogP contribution < -0.4 is 10.1 Å². The van der Waals surface area contributed by atoms with E-state index in [0.717, 1.165) is 17.0 Å². The molecular weight excluding hydrogens is 321 g/mol. The zero-order chi connectivity index (χ0) is 15.9. The number of rotatable bonds is 6. The lowest BCUT2D eigenvalue weighted by Crippen LogP contribution is -2.12. The van der Waals surface area contributed by atoms with Crippen molar-refractivity contribution in [1.82, 2.24) is 0 Å². The molecule has 2 rings (SSSR count). The minimum atomic E-state index is -0.0461. The lowest BCUT2D eigenvalue weighted by atomic mass is 10.1. The largest absolute Gasteiger partial charge is 0.494 e. The molecule has 0 bridgehead atoms. The van der Waals surface area contributed by atoms with E-state index in [1.807, 2.05) is 37.3 Å². The fourth-order valence-corrected chi connectivity index (χ4v) is 2.30. The SMILES string of the molecule is CCOc1ccc(NC(=O)CCc2ccc(Cl)c(Cl)c2)cc1. The molecule has 0 heterocycles. The second kappa shape index (κ2) is 8.06. The number of ether oxygens (including phenoxy) is 1. The van der Waals surface area contributed by atoms with Crippen LogP contribution in [0.15, 0.2) is 42.5 Å². The molecule has 5 heteroatoms. The first-order valence-corrected chi connectivity index (χ1v) is 7.80. The Morgan fingerprint density at radius 1 is 1.09 bits per heavy atom. The third-order valence-corrected chi connectivity index (χ3v) is 3.81. The zero-order valence-corrected chi connectivity index (χ0v) is 13.7. The average molecular weight is 338 g/mol. The number of hydrogen-bond acceptors (Lipinski definition) is 2. The summed E-state index contributed by atoms with van der Waals surface area (Å²) in [6.45, 7) is 2.55. The van der Waals surface area contributed by atoms with Gasteiger partial charge in [0, 0.05) is 12.1 Å². The summed E-state index contributed by atoms with van der Waals surface area (Å²) in [6.07, 6.45) is 0.991. The molecular formula is C17H17Cl2NO2. The standard InChI is InChI=1S/C17H17Cl2NO2/c1-2-22-14-7-5-13(6-8-14)20-17(21)10-4-12-3-9-15(18)16(19)11-12/h3,5-9,11H,2,4,10H2,1H3,(H,20,21). The van der Waals surface area contributed by atoms with E-state index < -0.39 is 0 Å². The van der Waals surface area contributed by atoms with Gasteiger partial charge in [-0.15, -0.1) is 0 Å². The number of carbonyl (C=O) groups excluding carboxylic acids is 1. The van der Waals surface area contributed by atoms with Crippen molar-refractivity contribution < 1.29 is 9.53 Å². The Morgan fingerprint density at radius 2 is 1.82 bits per heavy atom. The summed E-state index contributed by atoms with van der Waals surface area (Å²) in [5, 5.41) is 3.88. The third-order valence-electron chi connectivity index (χ3n) is 3.07. The molecule has 0 fully saturated rings. The Morgan fingerprint density at radius 3 is 2.45 bits per heavy atom. The van der Waals surface area contributed by atoms with Crippen LogP contribution in [0.25, 0.3) is 0 Å². The maximum atomic E-state index is 11.9. The summed E-state index contributed by atoms with van der Waals surface area (Å²) >= 11 is 11.8. The van der Waals surface area contributed by atoms with Crippen molar-refractivity contribution in [2.24, 2.45) is 0 Å². The van der Waals surface area contributed by atoms with Crippen molar-refractivity contribution in [2.45, 2.75) is 19.8 Å². The average Bonchev–Trinajstić information content (AvgIpc) is 2.51.